The molecule has 2 heterocycles. The number of aromatic amines is 1. The van der Waals surface area contributed by atoms with Crippen LogP contribution in [0.15, 0.2) is 16.7 Å². The van der Waals surface area contributed by atoms with Crippen LogP contribution in [-0.4, -0.2) is 26.1 Å². The molecule has 3 rings (SSSR count). The van der Waals surface area contributed by atoms with E-state index in [0.29, 0.717) is 17.4 Å². The highest BCUT2D eigenvalue weighted by Gasteiger charge is 2.30. The molecule has 0 aliphatic heterocycles. The minimum atomic E-state index is -0.220. The largest absolute Gasteiger partial charge is 0.289 e. The van der Waals surface area contributed by atoms with Crippen LogP contribution < -0.4 is 5.32 Å². The van der Waals surface area contributed by atoms with Crippen LogP contribution in [0.1, 0.15) is 47.6 Å². The van der Waals surface area contributed by atoms with Crippen LogP contribution in [0.3, 0.4) is 0 Å². The van der Waals surface area contributed by atoms with Gasteiger partial charge in [-0.3, -0.25) is 20.2 Å². The molecule has 1 saturated carbocycles. The fourth-order valence-corrected chi connectivity index (χ4v) is 2.32. The van der Waals surface area contributed by atoms with Gasteiger partial charge in [0.25, 0.3) is 5.91 Å². The molecule has 0 saturated heterocycles. The number of aryl methyl sites for hydroxylation is 1. The highest BCUT2D eigenvalue weighted by molar-refractivity contribution is 9.10. The number of amides is 1. The summed E-state index contributed by atoms with van der Waals surface area (Å²) in [6.45, 7) is 1.97. The van der Waals surface area contributed by atoms with E-state index in [-0.39, 0.29) is 5.91 Å². The highest BCUT2D eigenvalue weighted by atomic mass is 79.9. The molecule has 1 amide bonds. The van der Waals surface area contributed by atoms with Crippen molar-refractivity contribution in [2.45, 2.75) is 32.1 Å². The van der Waals surface area contributed by atoms with E-state index in [0.717, 1.165) is 35.3 Å². The van der Waals surface area contributed by atoms with Crippen LogP contribution in [0.4, 0.5) is 5.95 Å². The Morgan fingerprint density at radius 2 is 2.35 bits per heavy atom. The van der Waals surface area contributed by atoms with Gasteiger partial charge in [-0.15, -0.1) is 5.10 Å². The number of aromatic nitrogens is 4. The Labute approximate surface area is 124 Å². The Morgan fingerprint density at radius 3 is 3.00 bits per heavy atom. The molecule has 2 aromatic heterocycles. The molecule has 7 heteroatoms. The quantitative estimate of drug-likeness (QED) is 0.899. The van der Waals surface area contributed by atoms with Gasteiger partial charge in [-0.1, -0.05) is 6.92 Å². The van der Waals surface area contributed by atoms with Crippen molar-refractivity contribution in [3.05, 3.63) is 33.8 Å². The number of hydrogen-bond donors (Lipinski definition) is 2. The molecule has 1 fully saturated rings. The summed E-state index contributed by atoms with van der Waals surface area (Å²) in [7, 11) is 0. The van der Waals surface area contributed by atoms with Crippen molar-refractivity contribution in [3.8, 4) is 0 Å². The maximum atomic E-state index is 12.4. The van der Waals surface area contributed by atoms with Gasteiger partial charge < -0.3 is 0 Å². The van der Waals surface area contributed by atoms with Crippen LogP contribution in [0.5, 0.6) is 0 Å². The minimum absolute atomic E-state index is 0.220. The molecular formula is C13H14BrN5O. The number of nitrogens with zero attached hydrogens (tertiary/aromatic N) is 3. The van der Waals surface area contributed by atoms with Crippen molar-refractivity contribution >= 4 is 27.8 Å². The first kappa shape index (κ1) is 13.2. The van der Waals surface area contributed by atoms with Crippen LogP contribution in [0, 0.1) is 0 Å². The molecule has 0 atom stereocenters. The molecule has 2 aromatic rings. The van der Waals surface area contributed by atoms with E-state index in [2.05, 4.69) is 41.4 Å². The fraction of sp³-hybridized carbons (Fsp3) is 0.385. The third-order valence-corrected chi connectivity index (χ3v) is 3.62. The number of rotatable bonds is 4. The average molecular weight is 336 g/mol. The molecule has 104 valence electrons. The van der Waals surface area contributed by atoms with E-state index in [9.17, 15) is 4.79 Å². The summed E-state index contributed by atoms with van der Waals surface area (Å²) in [5.41, 5.74) is 1.45. The normalized spacial score (nSPS) is 14.3. The summed E-state index contributed by atoms with van der Waals surface area (Å²) < 4.78 is 0.788. The summed E-state index contributed by atoms with van der Waals surface area (Å²) in [4.78, 5) is 20.9. The molecule has 2 N–H and O–H groups in total. The van der Waals surface area contributed by atoms with Crippen LogP contribution >= 0.6 is 15.9 Å². The van der Waals surface area contributed by atoms with E-state index in [1.807, 2.05) is 6.92 Å². The van der Waals surface area contributed by atoms with E-state index in [4.69, 9.17) is 0 Å². The standard InChI is InChI=1S/C13H14BrN5O/c1-2-10-16-13(19-18-10)17-12(20)9-5-8(14)6-15-11(9)7-3-4-7/h5-7H,2-4H2,1H3,(H2,16,17,18,19,20). The Morgan fingerprint density at radius 1 is 1.55 bits per heavy atom. The Bertz CT molecular complexity index is 650. The van der Waals surface area contributed by atoms with E-state index in [1.54, 1.807) is 12.3 Å². The van der Waals surface area contributed by atoms with Gasteiger partial charge in [-0.05, 0) is 34.8 Å². The number of halogens is 1. The van der Waals surface area contributed by atoms with Gasteiger partial charge in [0.1, 0.15) is 5.82 Å². The molecule has 1 aliphatic rings. The van der Waals surface area contributed by atoms with Crippen molar-refractivity contribution in [3.63, 3.8) is 0 Å². The van der Waals surface area contributed by atoms with Crippen LogP contribution in [-0.2, 0) is 6.42 Å². The molecular weight excluding hydrogens is 322 g/mol. The average Bonchev–Trinajstić information content (AvgIpc) is 3.18. The first-order valence-electron chi connectivity index (χ1n) is 6.55. The molecule has 20 heavy (non-hydrogen) atoms. The lowest BCUT2D eigenvalue weighted by atomic mass is 10.1. The van der Waals surface area contributed by atoms with E-state index < -0.39 is 0 Å². The number of pyridine rings is 1. The van der Waals surface area contributed by atoms with Crippen LogP contribution in [0.25, 0.3) is 0 Å². The summed E-state index contributed by atoms with van der Waals surface area (Å²) in [6, 6.07) is 1.80. The lowest BCUT2D eigenvalue weighted by Gasteiger charge is -2.07. The lowest BCUT2D eigenvalue weighted by Crippen LogP contribution is -2.16. The molecule has 6 nitrogen and oxygen atoms in total. The van der Waals surface area contributed by atoms with Gasteiger partial charge in [-0.2, -0.15) is 4.98 Å². The summed E-state index contributed by atoms with van der Waals surface area (Å²) in [5.74, 6) is 1.23. The van der Waals surface area contributed by atoms with Gasteiger partial charge in [-0.25, -0.2) is 0 Å². The highest BCUT2D eigenvalue weighted by Crippen LogP contribution is 2.41. The number of nitrogens with one attached hydrogen (secondary N) is 2. The Hall–Kier alpha value is -1.76. The molecule has 0 unspecified atom stereocenters. The fourth-order valence-electron chi connectivity index (χ4n) is 1.99. The van der Waals surface area contributed by atoms with Crippen LogP contribution in [0.2, 0.25) is 0 Å². The number of carbonyl (C=O) groups is 1. The smallest absolute Gasteiger partial charge is 0.259 e. The SMILES string of the molecule is CCc1nc(NC(=O)c2cc(Br)cnc2C2CC2)n[nH]1. The first-order valence-corrected chi connectivity index (χ1v) is 7.34. The predicted molar refractivity (Wildman–Crippen MR) is 77.6 cm³/mol. The van der Waals surface area contributed by atoms with Gasteiger partial charge in [0, 0.05) is 23.0 Å². The van der Waals surface area contributed by atoms with Gasteiger partial charge >= 0.3 is 0 Å². The Balaban J connectivity index is 1.84. The lowest BCUT2D eigenvalue weighted by molar-refractivity contribution is 0.102. The number of anilines is 1. The molecule has 1 aliphatic carbocycles. The minimum Gasteiger partial charge on any atom is -0.289 e. The second-order valence-corrected chi connectivity index (χ2v) is 5.69. The molecule has 0 aromatic carbocycles. The number of carbonyl (C=O) groups excluding carboxylic acids is 1. The first-order chi connectivity index (χ1) is 9.67. The van der Waals surface area contributed by atoms with Crippen molar-refractivity contribution in [2.75, 3.05) is 5.32 Å². The van der Waals surface area contributed by atoms with Gasteiger partial charge in [0.15, 0.2) is 0 Å². The number of hydrogen-bond acceptors (Lipinski definition) is 4. The second kappa shape index (κ2) is 5.32. The summed E-state index contributed by atoms with van der Waals surface area (Å²) >= 11 is 3.35. The zero-order valence-electron chi connectivity index (χ0n) is 11.0. The van der Waals surface area contributed by atoms with Gasteiger partial charge in [0.2, 0.25) is 5.95 Å². The van der Waals surface area contributed by atoms with E-state index >= 15 is 0 Å². The van der Waals surface area contributed by atoms with Crippen molar-refractivity contribution in [1.82, 2.24) is 20.2 Å². The second-order valence-electron chi connectivity index (χ2n) is 4.77. The molecule has 0 bridgehead atoms. The zero-order valence-corrected chi connectivity index (χ0v) is 12.6. The summed E-state index contributed by atoms with van der Waals surface area (Å²) in [5, 5.41) is 9.45. The third-order valence-electron chi connectivity index (χ3n) is 3.19. The molecule has 0 spiro atoms. The maximum Gasteiger partial charge on any atom is 0.259 e. The summed E-state index contributed by atoms with van der Waals surface area (Å²) in [6.07, 6.45) is 4.66. The zero-order chi connectivity index (χ0) is 14.1. The maximum absolute atomic E-state index is 12.4. The van der Waals surface area contributed by atoms with E-state index in [1.165, 1.54) is 0 Å². The predicted octanol–water partition coefficient (Wildman–Crippen LogP) is 2.65. The van der Waals surface area contributed by atoms with Gasteiger partial charge in [0.05, 0.1) is 11.3 Å². The molecule has 0 radical (unpaired) electrons. The topological polar surface area (TPSA) is 83.6 Å². The number of H-pyrrole nitrogens is 1. The third kappa shape index (κ3) is 2.72. The Kier molecular flexibility index (Phi) is 3.52. The van der Waals surface area contributed by atoms with Crippen molar-refractivity contribution < 1.29 is 4.79 Å². The van der Waals surface area contributed by atoms with Crippen molar-refractivity contribution in [1.29, 1.82) is 0 Å². The monoisotopic (exact) mass is 335 g/mol. The van der Waals surface area contributed by atoms with Crippen molar-refractivity contribution in [2.24, 2.45) is 0 Å².